The molecule has 5 aromatic carbocycles. The van der Waals surface area contributed by atoms with E-state index in [4.69, 9.17) is 0 Å². The summed E-state index contributed by atoms with van der Waals surface area (Å²) in [6.45, 7) is 0. The van der Waals surface area contributed by atoms with Crippen molar-refractivity contribution in [2.24, 2.45) is 0 Å². The molecule has 0 saturated heterocycles. The second-order valence-electron chi connectivity index (χ2n) is 8.19. The highest BCUT2D eigenvalue weighted by Crippen LogP contribution is 2.20. The third-order valence-corrected chi connectivity index (χ3v) is 12.9. The Hall–Kier alpha value is -3.73. The smallest absolute Gasteiger partial charge is 0.206 e. The van der Waals surface area contributed by atoms with Crippen molar-refractivity contribution >= 4 is 38.7 Å². The minimum Gasteiger partial charge on any atom is -0.219 e. The fourth-order valence-corrected chi connectivity index (χ4v) is 10.7. The molecule has 166 valence electrons. The van der Waals surface area contributed by atoms with Crippen molar-refractivity contribution in [3.05, 3.63) is 146 Å². The summed E-state index contributed by atoms with van der Waals surface area (Å²) >= 11 is 0. The van der Waals surface area contributed by atoms with E-state index in [1.807, 2.05) is 36.4 Å². The maximum Gasteiger partial charge on any atom is 0.206 e. The van der Waals surface area contributed by atoms with Gasteiger partial charge in [0, 0.05) is 0 Å². The number of sulfone groups is 1. The largest absolute Gasteiger partial charge is 0.219 e. The van der Waals surface area contributed by atoms with Gasteiger partial charge in [0.2, 0.25) is 9.84 Å². The molecule has 0 aromatic heterocycles. The van der Waals surface area contributed by atoms with Crippen LogP contribution in [0.15, 0.2) is 155 Å². The van der Waals surface area contributed by atoms with Crippen LogP contribution in [0.25, 0.3) is 0 Å². The molecule has 2 nitrogen and oxygen atoms in total. The van der Waals surface area contributed by atoms with Gasteiger partial charge in [-0.15, -0.1) is 0 Å². The van der Waals surface area contributed by atoms with E-state index in [9.17, 15) is 8.42 Å². The number of rotatable bonds is 6. The normalized spacial score (nSPS) is 11.8. The topological polar surface area (TPSA) is 34.1 Å². The van der Waals surface area contributed by atoms with Gasteiger partial charge in [0.1, 0.15) is 0 Å². The van der Waals surface area contributed by atoms with Crippen molar-refractivity contribution in [1.82, 2.24) is 0 Å². The zero-order chi connectivity index (χ0) is 23.4. The summed E-state index contributed by atoms with van der Waals surface area (Å²) in [6.07, 6.45) is 0. The molecular formula is C30H24O2SSi. The zero-order valence-electron chi connectivity index (χ0n) is 18.6. The Balaban J connectivity index is 1.75. The van der Waals surface area contributed by atoms with E-state index in [0.717, 1.165) is 5.19 Å². The molecule has 0 fully saturated rings. The van der Waals surface area contributed by atoms with Crippen molar-refractivity contribution < 1.29 is 8.42 Å². The molecule has 0 aliphatic carbocycles. The highest BCUT2D eigenvalue weighted by Gasteiger charge is 2.41. The van der Waals surface area contributed by atoms with Gasteiger partial charge in [-0.05, 0) is 45.0 Å². The van der Waals surface area contributed by atoms with Gasteiger partial charge in [-0.1, -0.05) is 121 Å². The monoisotopic (exact) mass is 476 g/mol. The van der Waals surface area contributed by atoms with Gasteiger partial charge in [0.05, 0.1) is 9.79 Å². The summed E-state index contributed by atoms with van der Waals surface area (Å²) in [5.41, 5.74) is 0. The minimum absolute atomic E-state index is 0.305. The summed E-state index contributed by atoms with van der Waals surface area (Å²) < 4.78 is 26.4. The molecule has 0 aliphatic heterocycles. The van der Waals surface area contributed by atoms with E-state index in [-0.39, 0.29) is 0 Å². The lowest BCUT2D eigenvalue weighted by molar-refractivity contribution is 0.596. The van der Waals surface area contributed by atoms with Crippen LogP contribution in [0.2, 0.25) is 0 Å². The highest BCUT2D eigenvalue weighted by molar-refractivity contribution is 7.91. The molecule has 5 aromatic rings. The second-order valence-corrected chi connectivity index (χ2v) is 13.9. The first-order chi connectivity index (χ1) is 16.6. The Kier molecular flexibility index (Phi) is 6.01. The summed E-state index contributed by atoms with van der Waals surface area (Å²) in [5.74, 6) is 0. The Morgan fingerprint density at radius 3 is 1.03 bits per heavy atom. The molecule has 0 aliphatic rings. The molecule has 0 spiro atoms. The van der Waals surface area contributed by atoms with Gasteiger partial charge in [0.15, 0.2) is 8.07 Å². The van der Waals surface area contributed by atoms with E-state index in [1.165, 1.54) is 15.6 Å². The molecular weight excluding hydrogens is 452 g/mol. The lowest BCUT2D eigenvalue weighted by atomic mass is 10.3. The predicted molar refractivity (Wildman–Crippen MR) is 142 cm³/mol. The van der Waals surface area contributed by atoms with E-state index in [2.05, 4.69) is 72.8 Å². The molecule has 34 heavy (non-hydrogen) atoms. The van der Waals surface area contributed by atoms with Crippen LogP contribution in [0, 0.1) is 0 Å². The first-order valence-electron chi connectivity index (χ1n) is 11.2. The third-order valence-electron chi connectivity index (χ3n) is 6.27. The van der Waals surface area contributed by atoms with Crippen LogP contribution in [0.1, 0.15) is 0 Å². The Bertz CT molecular complexity index is 1370. The SMILES string of the molecule is O=S(=O)(c1ccccc1)c1ccc([Si](c2ccccc2)(c2ccccc2)c2ccccc2)cc1. The van der Waals surface area contributed by atoms with Gasteiger partial charge >= 0.3 is 0 Å². The average molecular weight is 477 g/mol. The van der Waals surface area contributed by atoms with Gasteiger partial charge in [-0.2, -0.15) is 0 Å². The Morgan fingerprint density at radius 2 is 0.647 bits per heavy atom. The van der Waals surface area contributed by atoms with Crippen LogP contribution in [-0.4, -0.2) is 16.5 Å². The first-order valence-corrected chi connectivity index (χ1v) is 14.7. The zero-order valence-corrected chi connectivity index (χ0v) is 20.4. The van der Waals surface area contributed by atoms with Crippen molar-refractivity contribution in [3.63, 3.8) is 0 Å². The van der Waals surface area contributed by atoms with Crippen molar-refractivity contribution in [2.45, 2.75) is 9.79 Å². The first kappa shape index (κ1) is 22.1. The van der Waals surface area contributed by atoms with Crippen LogP contribution in [0.3, 0.4) is 0 Å². The summed E-state index contributed by atoms with van der Waals surface area (Å²) in [7, 11) is -6.24. The van der Waals surface area contributed by atoms with Gasteiger partial charge < -0.3 is 0 Å². The second kappa shape index (κ2) is 9.25. The van der Waals surface area contributed by atoms with Crippen LogP contribution >= 0.6 is 0 Å². The van der Waals surface area contributed by atoms with Crippen LogP contribution in [-0.2, 0) is 9.84 Å². The van der Waals surface area contributed by atoms with Crippen LogP contribution < -0.4 is 20.7 Å². The molecule has 0 N–H and O–H groups in total. The molecule has 4 heteroatoms. The molecule has 5 rings (SSSR count). The van der Waals surface area contributed by atoms with E-state index >= 15 is 0 Å². The molecule has 0 radical (unpaired) electrons. The standard InChI is InChI=1S/C30H24O2SSi/c31-33(32,25-13-5-1-6-14-25)26-21-23-30(24-22-26)34(27-15-7-2-8-16-27,28-17-9-3-10-18-28)29-19-11-4-12-20-29/h1-24H. The number of benzene rings is 5. The Morgan fingerprint density at radius 1 is 0.353 bits per heavy atom. The van der Waals surface area contributed by atoms with Gasteiger partial charge in [-0.25, -0.2) is 8.42 Å². The van der Waals surface area contributed by atoms with Crippen molar-refractivity contribution in [3.8, 4) is 0 Å². The fourth-order valence-electron chi connectivity index (χ4n) is 4.68. The number of hydrogen-bond donors (Lipinski definition) is 0. The van der Waals surface area contributed by atoms with E-state index in [1.54, 1.807) is 36.4 Å². The van der Waals surface area contributed by atoms with E-state index in [0.29, 0.717) is 9.79 Å². The Labute approximate surface area is 202 Å². The average Bonchev–Trinajstić information content (AvgIpc) is 2.92. The van der Waals surface area contributed by atoms with Crippen molar-refractivity contribution in [2.75, 3.05) is 0 Å². The third kappa shape index (κ3) is 3.81. The van der Waals surface area contributed by atoms with Crippen LogP contribution in [0.4, 0.5) is 0 Å². The van der Waals surface area contributed by atoms with Crippen LogP contribution in [0.5, 0.6) is 0 Å². The van der Waals surface area contributed by atoms with Gasteiger partial charge in [-0.3, -0.25) is 0 Å². The van der Waals surface area contributed by atoms with Crippen molar-refractivity contribution in [1.29, 1.82) is 0 Å². The lowest BCUT2D eigenvalue weighted by Crippen LogP contribution is -2.74. The molecule has 0 saturated carbocycles. The maximum atomic E-state index is 13.2. The molecule has 0 atom stereocenters. The fraction of sp³-hybridized carbons (Fsp3) is 0. The quantitative estimate of drug-likeness (QED) is 0.275. The predicted octanol–water partition coefficient (Wildman–Crippen LogP) is 3.90. The molecule has 0 heterocycles. The van der Waals surface area contributed by atoms with E-state index < -0.39 is 17.9 Å². The molecule has 0 unspecified atom stereocenters. The maximum absolute atomic E-state index is 13.2. The number of hydrogen-bond acceptors (Lipinski definition) is 2. The summed E-state index contributed by atoms with van der Waals surface area (Å²) in [5, 5.41) is 4.91. The lowest BCUT2D eigenvalue weighted by Gasteiger charge is -2.34. The molecule has 0 amide bonds. The minimum atomic E-state index is -3.58. The summed E-state index contributed by atoms with van der Waals surface area (Å²) in [4.78, 5) is 0.611. The summed E-state index contributed by atoms with van der Waals surface area (Å²) in [6, 6.07) is 47.9. The highest BCUT2D eigenvalue weighted by atomic mass is 32.2. The van der Waals surface area contributed by atoms with Gasteiger partial charge in [0.25, 0.3) is 0 Å². The molecule has 0 bridgehead atoms.